The molecule has 3 saturated heterocycles. The van der Waals surface area contributed by atoms with Crippen LogP contribution in [0.5, 0.6) is 0 Å². The number of carbonyl (C=O) groups is 12. The molecule has 0 unspecified atom stereocenters. The third-order valence-electron chi connectivity index (χ3n) is 21.5. The number of carbonyl (C=O) groups excluding carboxylic acids is 12. The molecule has 564 valence electrons. The number of amides is 12. The van der Waals surface area contributed by atoms with Crippen LogP contribution in [0.25, 0.3) is 0 Å². The third kappa shape index (κ3) is 20.5. The van der Waals surface area contributed by atoms with E-state index in [1.165, 1.54) is 70.0 Å². The smallest absolute Gasteiger partial charge is 0.378 e. The van der Waals surface area contributed by atoms with Crippen LogP contribution < -0.4 is 16.0 Å². The van der Waals surface area contributed by atoms with Crippen molar-refractivity contribution in [1.82, 2.24) is 60.0 Å². The van der Waals surface area contributed by atoms with Crippen molar-refractivity contribution < 1.29 is 88.6 Å². The summed E-state index contributed by atoms with van der Waals surface area (Å²) < 4.78 is 91.4. The zero-order chi connectivity index (χ0) is 74.6. The summed E-state index contributed by atoms with van der Waals surface area (Å²) >= 11 is 6.13. The topological polar surface area (TPSA) is 279 Å². The zero-order valence-corrected chi connectivity index (χ0v) is 60.2. The average molecular weight is 1460 g/mol. The van der Waals surface area contributed by atoms with Gasteiger partial charge >= 0.3 is 12.4 Å². The van der Waals surface area contributed by atoms with Crippen LogP contribution in [-0.2, 0) is 74.9 Å². The number of benzene rings is 1. The Kier molecular flexibility index (Phi) is 28.3. The lowest BCUT2D eigenvalue weighted by atomic mass is 9.81. The Morgan fingerprint density at radius 1 is 0.644 bits per heavy atom. The Balaban J connectivity index is 1.29. The molecule has 8 atom stereocenters. The van der Waals surface area contributed by atoms with Gasteiger partial charge in [0, 0.05) is 69.0 Å². The summed E-state index contributed by atoms with van der Waals surface area (Å²) in [7, 11) is 8.73. The molecule has 1 spiro atoms. The number of likely N-dealkylation sites (N-methyl/N-ethyl adjacent to an activating group) is 7. The number of morpholine rings is 1. The van der Waals surface area contributed by atoms with Gasteiger partial charge in [-0.25, -0.2) is 0 Å². The molecule has 3 saturated carbocycles. The van der Waals surface area contributed by atoms with Crippen LogP contribution in [0.3, 0.4) is 0 Å². The highest BCUT2D eigenvalue weighted by Crippen LogP contribution is 2.39. The number of hydrogen-bond donors (Lipinski definition) is 3. The van der Waals surface area contributed by atoms with E-state index >= 15 is 19.2 Å². The maximum absolute atomic E-state index is 15.7. The summed E-state index contributed by atoms with van der Waals surface area (Å²) in [6.07, 6.45) is -5.36. The summed E-state index contributed by atoms with van der Waals surface area (Å²) in [5.74, 6) is -11.7. The largest absolute Gasteiger partial charge is 0.417 e. The van der Waals surface area contributed by atoms with Crippen LogP contribution in [0.1, 0.15) is 153 Å². The summed E-state index contributed by atoms with van der Waals surface area (Å²) in [5, 5.41) is 7.52. The van der Waals surface area contributed by atoms with Crippen LogP contribution in [0.4, 0.5) is 26.3 Å². The van der Waals surface area contributed by atoms with Crippen molar-refractivity contribution in [2.24, 2.45) is 17.8 Å². The molecule has 7 rings (SSSR count). The molecule has 6 aliphatic rings. The molecule has 25 nitrogen and oxygen atoms in total. The molecule has 32 heteroatoms. The first-order chi connectivity index (χ1) is 47.5. The lowest BCUT2D eigenvalue weighted by Crippen LogP contribution is -2.65. The van der Waals surface area contributed by atoms with E-state index in [2.05, 4.69) is 16.0 Å². The van der Waals surface area contributed by atoms with Gasteiger partial charge < -0.3 is 64.8 Å². The van der Waals surface area contributed by atoms with Gasteiger partial charge in [0.2, 0.25) is 70.9 Å². The van der Waals surface area contributed by atoms with E-state index < -0.39 is 186 Å². The van der Waals surface area contributed by atoms with E-state index in [9.17, 15) is 64.7 Å². The summed E-state index contributed by atoms with van der Waals surface area (Å²) in [6.45, 7) is 1.26. The molecule has 3 N–H and O–H groups in total. The van der Waals surface area contributed by atoms with Crippen molar-refractivity contribution in [2.75, 3.05) is 102 Å². The van der Waals surface area contributed by atoms with E-state index in [1.807, 2.05) is 0 Å². The molecule has 0 radical (unpaired) electrons. The molecule has 12 amide bonds. The van der Waals surface area contributed by atoms with Gasteiger partial charge in [0.25, 0.3) is 0 Å². The minimum atomic E-state index is -5.11. The summed E-state index contributed by atoms with van der Waals surface area (Å²) in [6, 6.07) is -7.91. The fourth-order valence-electron chi connectivity index (χ4n) is 15.1. The Morgan fingerprint density at radius 3 is 1.85 bits per heavy atom. The van der Waals surface area contributed by atoms with Gasteiger partial charge in [-0.1, -0.05) is 95.7 Å². The molecule has 101 heavy (non-hydrogen) atoms. The van der Waals surface area contributed by atoms with Crippen LogP contribution in [0.2, 0.25) is 5.02 Å². The van der Waals surface area contributed by atoms with Gasteiger partial charge in [0.05, 0.1) is 56.3 Å². The lowest BCUT2D eigenvalue weighted by Gasteiger charge is -2.43. The van der Waals surface area contributed by atoms with Gasteiger partial charge in [-0.15, -0.1) is 0 Å². The number of nitrogens with zero attached hydrogens (tertiary/aromatic N) is 9. The fourth-order valence-corrected chi connectivity index (χ4v) is 15.4. The molecule has 0 aromatic heterocycles. The predicted molar refractivity (Wildman–Crippen MR) is 357 cm³/mol. The molecular formula is C69H101ClF6N12O13. The molecule has 3 aliphatic heterocycles. The van der Waals surface area contributed by atoms with Gasteiger partial charge in [-0.2, -0.15) is 26.3 Å². The molecule has 3 aliphatic carbocycles. The van der Waals surface area contributed by atoms with Crippen LogP contribution in [0.15, 0.2) is 18.2 Å². The number of ether oxygens (including phenoxy) is 1. The molecule has 0 bridgehead atoms. The molecule has 6 fully saturated rings. The Hall–Kier alpha value is -7.31. The number of rotatable bonds is 10. The van der Waals surface area contributed by atoms with Gasteiger partial charge in [-0.05, 0) is 93.2 Å². The lowest BCUT2D eigenvalue weighted by molar-refractivity contribution is -0.164. The molecule has 3 heterocycles. The van der Waals surface area contributed by atoms with Crippen molar-refractivity contribution in [2.45, 2.75) is 209 Å². The fraction of sp³-hybridized carbons (Fsp3) is 0.739. The van der Waals surface area contributed by atoms with Gasteiger partial charge in [-0.3, -0.25) is 57.5 Å². The Morgan fingerprint density at radius 2 is 1.25 bits per heavy atom. The normalized spacial score (nSPS) is 26.8. The minimum Gasteiger partial charge on any atom is -0.378 e. The number of halogens is 7. The molecular weight excluding hydrogens is 1350 g/mol. The van der Waals surface area contributed by atoms with Crippen LogP contribution in [-0.4, -0.2) is 271 Å². The Bertz CT molecular complexity index is 3180. The van der Waals surface area contributed by atoms with Crippen molar-refractivity contribution in [3.8, 4) is 0 Å². The van der Waals surface area contributed by atoms with E-state index in [0.29, 0.717) is 43.4 Å². The maximum Gasteiger partial charge on any atom is 0.417 e. The summed E-state index contributed by atoms with van der Waals surface area (Å²) in [5.41, 5.74) is -2.51. The number of aryl methyl sites for hydroxylation is 1. The van der Waals surface area contributed by atoms with Gasteiger partial charge in [0.1, 0.15) is 47.8 Å². The second kappa shape index (κ2) is 35.2. The van der Waals surface area contributed by atoms with E-state index in [0.717, 1.165) is 75.8 Å². The number of alkyl halides is 6. The van der Waals surface area contributed by atoms with Crippen LogP contribution >= 0.6 is 11.6 Å². The monoisotopic (exact) mass is 1450 g/mol. The van der Waals surface area contributed by atoms with Gasteiger partial charge in [0.15, 0.2) is 0 Å². The van der Waals surface area contributed by atoms with Crippen molar-refractivity contribution in [3.05, 3.63) is 34.3 Å². The number of nitrogens with one attached hydrogen (secondary N) is 3. The van der Waals surface area contributed by atoms with E-state index in [4.69, 9.17) is 16.3 Å². The zero-order valence-electron chi connectivity index (χ0n) is 59.5. The number of fused-ring (bicyclic) bond motifs is 1. The second-order valence-corrected chi connectivity index (χ2v) is 29.0. The highest BCUT2D eigenvalue weighted by Gasteiger charge is 2.52. The molecule has 1 aromatic rings. The SMILES string of the molecule is CC[C@H](C)[C@@H]1NC(=O)[C@H](CC(F)(F)F)N(C)C(=O)C[C@@H](C(=O)N2CCOCC2)N(C)C(=O)[C@H](C2CCCCC2)N(C)C(=O)C2(CCCC2)NC(=O)[C@@H]2CCCN2C(=O)[C@H](CCc2ccc(C(F)(F)F)c(Cl)c2)NC(=O)CN(C)C(=O)[C@H](CC2CCCC2)N(C)C(=O)CN(C)C(=O)CN(C)C1=O. The second-order valence-electron chi connectivity index (χ2n) is 28.6. The predicted octanol–water partition coefficient (Wildman–Crippen LogP) is 4.79. The molecule has 1 aromatic carbocycles. The van der Waals surface area contributed by atoms with Crippen molar-refractivity contribution >= 4 is 82.5 Å². The number of hydrogen-bond acceptors (Lipinski definition) is 13. The third-order valence-corrected chi connectivity index (χ3v) is 21.8. The quantitative estimate of drug-likeness (QED) is 0.266. The van der Waals surface area contributed by atoms with Crippen molar-refractivity contribution in [1.29, 1.82) is 0 Å². The summed E-state index contributed by atoms with van der Waals surface area (Å²) in [4.78, 5) is 187. The Labute approximate surface area is 591 Å². The average Bonchev–Trinajstić information content (AvgIpc) is 1.57. The standard InChI is InChI=1S/C69H101ClF6N12O13/c1-10-42(2)57-64(98)82(5)40-55(91)80(3)41-56(92)83(6)50(36-43-19-14-15-20-43)62(96)81(4)39-53(89)77-48(27-25-44-24-26-46(47(70)35-44)69(74,75)76)61(95)88-30-18-23-49(88)60(94)79-67(28-16-17-29-67)66(100)86(9)58(45-21-12-11-13-22-45)65(99)85(8)51(63(97)87-31-33-101-34-32-87)37-54(90)84(7)52(59(93)78-57)38-68(71,72)73/h24,26,35,42-43,45,48-52,57-58H,10-23,25,27-34,36-41H2,1-9H3,(H,77,89)(H,78,93)(H,79,94)/t42-,48-,49-,50-,51-,52-,57-,58-/m0/s1. The highest BCUT2D eigenvalue weighted by molar-refractivity contribution is 6.31. The van der Waals surface area contributed by atoms with Crippen LogP contribution in [0, 0.1) is 17.8 Å². The maximum atomic E-state index is 15.7. The van der Waals surface area contributed by atoms with E-state index in [1.54, 1.807) is 6.92 Å². The first-order valence-corrected chi connectivity index (χ1v) is 35.7. The highest BCUT2D eigenvalue weighted by atomic mass is 35.5. The minimum absolute atomic E-state index is 0.00187. The van der Waals surface area contributed by atoms with E-state index in [-0.39, 0.29) is 95.7 Å². The first-order valence-electron chi connectivity index (χ1n) is 35.3. The first kappa shape index (κ1) is 81.0. The van der Waals surface area contributed by atoms with Crippen molar-refractivity contribution in [3.63, 3.8) is 0 Å².